The zero-order valence-corrected chi connectivity index (χ0v) is 12.2. The molecule has 1 atom stereocenters. The van der Waals surface area contributed by atoms with Gasteiger partial charge in [0.15, 0.2) is 0 Å². The molecule has 0 bridgehead atoms. The van der Waals surface area contributed by atoms with Crippen molar-refractivity contribution in [1.82, 2.24) is 9.29 Å². The van der Waals surface area contributed by atoms with E-state index in [1.54, 1.807) is 6.07 Å². The third kappa shape index (κ3) is 3.07. The van der Waals surface area contributed by atoms with Gasteiger partial charge in [0, 0.05) is 26.7 Å². The Morgan fingerprint density at radius 2 is 2.16 bits per heavy atom. The van der Waals surface area contributed by atoms with Crippen LogP contribution in [-0.2, 0) is 19.6 Å². The van der Waals surface area contributed by atoms with E-state index in [1.165, 1.54) is 38.1 Å². The fourth-order valence-corrected chi connectivity index (χ4v) is 3.31. The summed E-state index contributed by atoms with van der Waals surface area (Å²) in [6.07, 6.45) is 1.96. The highest BCUT2D eigenvalue weighted by atomic mass is 32.2. The molecule has 2 heterocycles. The third-order valence-electron chi connectivity index (χ3n) is 2.64. The van der Waals surface area contributed by atoms with Gasteiger partial charge in [-0.3, -0.25) is 4.79 Å². The summed E-state index contributed by atoms with van der Waals surface area (Å²) in [7, 11) is -0.532. The first-order valence-electron chi connectivity index (χ1n) is 5.63. The quantitative estimate of drug-likeness (QED) is 0.764. The van der Waals surface area contributed by atoms with Gasteiger partial charge in [0.2, 0.25) is 10.0 Å². The minimum atomic E-state index is -3.46. The number of sulfonamides is 1. The molecule has 0 aromatic carbocycles. The summed E-state index contributed by atoms with van der Waals surface area (Å²) in [4.78, 5) is 15.5. The summed E-state index contributed by atoms with van der Waals surface area (Å²) < 4.78 is 29.7. The monoisotopic (exact) mass is 302 g/mol. The smallest absolute Gasteiger partial charge is 0.319 e. The maximum Gasteiger partial charge on any atom is 0.319 e. The Balaban J connectivity index is 2.13. The highest BCUT2D eigenvalue weighted by molar-refractivity contribution is 8.00. The highest BCUT2D eigenvalue weighted by Gasteiger charge is 2.28. The molecule has 0 unspecified atom stereocenters. The number of nitrogens with zero attached hydrogens (tertiary/aromatic N) is 2. The number of rotatable bonds is 4. The van der Waals surface area contributed by atoms with E-state index in [1.807, 2.05) is 0 Å². The second-order valence-corrected chi connectivity index (χ2v) is 7.56. The first-order valence-corrected chi connectivity index (χ1v) is 7.95. The van der Waals surface area contributed by atoms with E-state index in [4.69, 9.17) is 4.74 Å². The van der Waals surface area contributed by atoms with E-state index in [-0.39, 0.29) is 16.1 Å². The molecule has 6 nitrogen and oxygen atoms in total. The summed E-state index contributed by atoms with van der Waals surface area (Å²) >= 11 is 1.29. The van der Waals surface area contributed by atoms with Crippen molar-refractivity contribution in [3.63, 3.8) is 0 Å². The average molecular weight is 302 g/mol. The van der Waals surface area contributed by atoms with Gasteiger partial charge in [0.25, 0.3) is 0 Å². The molecule has 104 valence electrons. The van der Waals surface area contributed by atoms with E-state index in [0.717, 1.165) is 4.31 Å². The van der Waals surface area contributed by atoms with Crippen molar-refractivity contribution in [2.75, 3.05) is 20.7 Å². The molecule has 1 fully saturated rings. The van der Waals surface area contributed by atoms with Crippen LogP contribution in [0.25, 0.3) is 0 Å². The Morgan fingerprint density at radius 3 is 2.63 bits per heavy atom. The van der Waals surface area contributed by atoms with Gasteiger partial charge >= 0.3 is 5.97 Å². The van der Waals surface area contributed by atoms with Crippen molar-refractivity contribution < 1.29 is 17.9 Å². The third-order valence-corrected chi connectivity index (χ3v) is 5.63. The van der Waals surface area contributed by atoms with Crippen LogP contribution >= 0.6 is 11.8 Å². The maximum absolute atomic E-state index is 11.8. The van der Waals surface area contributed by atoms with Crippen LogP contribution in [0.15, 0.2) is 28.3 Å². The van der Waals surface area contributed by atoms with E-state index >= 15 is 0 Å². The van der Waals surface area contributed by atoms with Crippen molar-refractivity contribution in [1.29, 1.82) is 0 Å². The topological polar surface area (TPSA) is 76.6 Å². The molecule has 8 heteroatoms. The van der Waals surface area contributed by atoms with Gasteiger partial charge in [-0.1, -0.05) is 11.8 Å². The number of hydrogen-bond donors (Lipinski definition) is 0. The zero-order chi connectivity index (χ0) is 14.0. The number of pyridine rings is 1. The molecular formula is C11H14N2O4S2. The van der Waals surface area contributed by atoms with Gasteiger partial charge in [-0.15, -0.1) is 0 Å². The summed E-state index contributed by atoms with van der Waals surface area (Å²) in [5, 5.41) is 0.366. The Labute approximate surface area is 116 Å². The molecule has 0 aliphatic carbocycles. The largest absolute Gasteiger partial charge is 0.465 e. The van der Waals surface area contributed by atoms with Gasteiger partial charge < -0.3 is 4.74 Å². The minimum Gasteiger partial charge on any atom is -0.465 e. The van der Waals surface area contributed by atoms with Crippen LogP contribution < -0.4 is 0 Å². The summed E-state index contributed by atoms with van der Waals surface area (Å²) in [5.74, 6) is -0.239. The molecule has 1 aromatic heterocycles. The highest BCUT2D eigenvalue weighted by Crippen LogP contribution is 2.28. The molecule has 2 rings (SSSR count). The van der Waals surface area contributed by atoms with Gasteiger partial charge in [0.05, 0.1) is 11.6 Å². The molecule has 0 spiro atoms. The average Bonchev–Trinajstić information content (AvgIpc) is 2.75. The zero-order valence-electron chi connectivity index (χ0n) is 10.6. The Morgan fingerprint density at radius 1 is 1.42 bits per heavy atom. The van der Waals surface area contributed by atoms with E-state index in [0.29, 0.717) is 18.1 Å². The maximum atomic E-state index is 11.8. The molecule has 1 aliphatic heterocycles. The second kappa shape index (κ2) is 5.48. The SMILES string of the molecule is CN(C)S(=O)(=O)c1ccc(S[C@@H]2CCOC2=O)nc1. The standard InChI is InChI=1S/C11H14N2O4S2/c1-13(2)19(15,16)8-3-4-10(12-7-8)18-9-5-6-17-11(9)14/h3-4,7,9H,5-6H2,1-2H3/t9-/m1/s1. The van der Waals surface area contributed by atoms with Crippen molar-refractivity contribution in [2.45, 2.75) is 21.6 Å². The predicted octanol–water partition coefficient (Wildman–Crippen LogP) is 0.740. The Kier molecular flexibility index (Phi) is 4.12. The number of carbonyl (C=O) groups is 1. The number of esters is 1. The lowest BCUT2D eigenvalue weighted by atomic mass is 10.4. The van der Waals surface area contributed by atoms with E-state index < -0.39 is 10.0 Å². The lowest BCUT2D eigenvalue weighted by Gasteiger charge is -2.11. The normalized spacial score (nSPS) is 19.7. The summed E-state index contributed by atoms with van der Waals surface area (Å²) in [6, 6.07) is 3.09. The van der Waals surface area contributed by atoms with E-state index in [9.17, 15) is 13.2 Å². The summed E-state index contributed by atoms with van der Waals surface area (Å²) in [6.45, 7) is 0.434. The molecule has 0 radical (unpaired) electrons. The van der Waals surface area contributed by atoms with Crippen molar-refractivity contribution in [2.24, 2.45) is 0 Å². The Hall–Kier alpha value is -1.12. The molecule has 0 amide bonds. The molecule has 19 heavy (non-hydrogen) atoms. The molecule has 1 aliphatic rings. The lowest BCUT2D eigenvalue weighted by Crippen LogP contribution is -2.22. The number of cyclic esters (lactones) is 1. The predicted molar refractivity (Wildman–Crippen MR) is 70.3 cm³/mol. The van der Waals surface area contributed by atoms with Gasteiger partial charge in [-0.2, -0.15) is 0 Å². The molecule has 1 saturated heterocycles. The number of carbonyl (C=O) groups excluding carboxylic acids is 1. The van der Waals surface area contributed by atoms with Crippen molar-refractivity contribution in [3.8, 4) is 0 Å². The molecular weight excluding hydrogens is 288 g/mol. The number of thioether (sulfide) groups is 1. The first-order chi connectivity index (χ1) is 8.91. The van der Waals surface area contributed by atoms with Crippen LogP contribution in [0, 0.1) is 0 Å². The first kappa shape index (κ1) is 14.3. The minimum absolute atomic E-state index is 0.135. The summed E-state index contributed by atoms with van der Waals surface area (Å²) in [5.41, 5.74) is 0. The van der Waals surface area contributed by atoms with Crippen LogP contribution in [-0.4, -0.2) is 49.6 Å². The van der Waals surface area contributed by atoms with Crippen LogP contribution in [0.2, 0.25) is 0 Å². The van der Waals surface area contributed by atoms with Gasteiger partial charge in [0.1, 0.15) is 10.1 Å². The molecule has 1 aromatic rings. The van der Waals surface area contributed by atoms with Crippen LogP contribution in [0.1, 0.15) is 6.42 Å². The fourth-order valence-electron chi connectivity index (χ4n) is 1.53. The number of aromatic nitrogens is 1. The molecule has 0 saturated carbocycles. The van der Waals surface area contributed by atoms with Crippen LogP contribution in [0.5, 0.6) is 0 Å². The number of hydrogen-bond acceptors (Lipinski definition) is 6. The Bertz CT molecular complexity index is 569. The van der Waals surface area contributed by atoms with Crippen molar-refractivity contribution >= 4 is 27.8 Å². The fraction of sp³-hybridized carbons (Fsp3) is 0.455. The van der Waals surface area contributed by atoms with Crippen molar-refractivity contribution in [3.05, 3.63) is 18.3 Å². The van der Waals surface area contributed by atoms with E-state index in [2.05, 4.69) is 4.98 Å². The van der Waals surface area contributed by atoms with Gasteiger partial charge in [-0.25, -0.2) is 17.7 Å². The van der Waals surface area contributed by atoms with Crippen LogP contribution in [0.3, 0.4) is 0 Å². The lowest BCUT2D eigenvalue weighted by molar-refractivity contribution is -0.137. The van der Waals surface area contributed by atoms with Gasteiger partial charge in [-0.05, 0) is 12.1 Å². The second-order valence-electron chi connectivity index (χ2n) is 4.18. The van der Waals surface area contributed by atoms with Crippen LogP contribution in [0.4, 0.5) is 0 Å². The molecule has 0 N–H and O–H groups in total. The number of ether oxygens (including phenoxy) is 1.